The Morgan fingerprint density at radius 1 is 0.931 bits per heavy atom. The van der Waals surface area contributed by atoms with Crippen molar-refractivity contribution < 1.29 is 9.53 Å². The third-order valence-corrected chi connectivity index (χ3v) is 4.78. The van der Waals surface area contributed by atoms with Gasteiger partial charge in [-0.25, -0.2) is 0 Å². The van der Waals surface area contributed by atoms with E-state index < -0.39 is 0 Å². The number of hydrogen-bond acceptors (Lipinski definition) is 3. The van der Waals surface area contributed by atoms with E-state index in [0.29, 0.717) is 23.5 Å². The number of pyridine rings is 1. The van der Waals surface area contributed by atoms with Gasteiger partial charge in [-0.15, -0.1) is 0 Å². The zero-order valence-electron chi connectivity index (χ0n) is 16.0. The molecule has 2 aromatic heterocycles. The molecule has 0 unspecified atom stereocenters. The number of carbonyl (C=O) groups excluding carboxylic acids is 1. The van der Waals surface area contributed by atoms with Gasteiger partial charge in [-0.1, -0.05) is 30.3 Å². The number of nitrogens with zero attached hydrogens (tertiary/aromatic N) is 2. The highest BCUT2D eigenvalue weighted by Crippen LogP contribution is 2.16. The maximum Gasteiger partial charge on any atom is 0.275 e. The zero-order valence-corrected chi connectivity index (χ0v) is 16.0. The number of anilines is 1. The summed E-state index contributed by atoms with van der Waals surface area (Å²) in [6, 6.07) is 20.8. The van der Waals surface area contributed by atoms with Gasteiger partial charge in [-0.2, -0.15) is 0 Å². The first kappa shape index (κ1) is 18.6. The number of carbonyl (C=O) groups is 1. The van der Waals surface area contributed by atoms with Crippen LogP contribution in [-0.4, -0.2) is 22.2 Å². The number of ether oxygens (including phenoxy) is 1. The Kier molecular flexibility index (Phi) is 5.16. The SMILES string of the molecule is COc1ccc(NC(=O)Cn2ccc3ccn(Cc4ccccc4)c3c2=O)cc1. The summed E-state index contributed by atoms with van der Waals surface area (Å²) >= 11 is 0. The van der Waals surface area contributed by atoms with Crippen molar-refractivity contribution in [2.24, 2.45) is 0 Å². The first-order valence-corrected chi connectivity index (χ1v) is 9.30. The molecule has 6 heteroatoms. The van der Waals surface area contributed by atoms with Crippen LogP contribution in [0.1, 0.15) is 5.56 Å². The fourth-order valence-electron chi connectivity index (χ4n) is 3.31. The van der Waals surface area contributed by atoms with Crippen LogP contribution in [0.2, 0.25) is 0 Å². The molecular formula is C23H21N3O3. The topological polar surface area (TPSA) is 65.3 Å². The third kappa shape index (κ3) is 4.06. The van der Waals surface area contributed by atoms with Crippen molar-refractivity contribution in [3.8, 4) is 5.75 Å². The van der Waals surface area contributed by atoms with E-state index in [-0.39, 0.29) is 18.0 Å². The molecule has 0 saturated carbocycles. The molecule has 0 fully saturated rings. The lowest BCUT2D eigenvalue weighted by molar-refractivity contribution is -0.116. The van der Waals surface area contributed by atoms with Gasteiger partial charge in [0.1, 0.15) is 17.8 Å². The molecule has 0 bridgehead atoms. The van der Waals surface area contributed by atoms with Crippen LogP contribution in [0.3, 0.4) is 0 Å². The fraction of sp³-hybridized carbons (Fsp3) is 0.130. The van der Waals surface area contributed by atoms with E-state index in [4.69, 9.17) is 4.74 Å². The minimum Gasteiger partial charge on any atom is -0.497 e. The molecule has 0 aliphatic heterocycles. The number of amides is 1. The first-order valence-electron chi connectivity index (χ1n) is 9.30. The van der Waals surface area contributed by atoms with Crippen molar-refractivity contribution in [2.75, 3.05) is 12.4 Å². The summed E-state index contributed by atoms with van der Waals surface area (Å²) in [6.45, 7) is 0.541. The molecule has 1 amide bonds. The highest BCUT2D eigenvalue weighted by molar-refractivity contribution is 5.90. The number of benzene rings is 2. The quantitative estimate of drug-likeness (QED) is 0.551. The summed E-state index contributed by atoms with van der Waals surface area (Å²) in [5, 5.41) is 3.66. The second-order valence-electron chi connectivity index (χ2n) is 6.76. The third-order valence-electron chi connectivity index (χ3n) is 4.78. The lowest BCUT2D eigenvalue weighted by atomic mass is 10.2. The zero-order chi connectivity index (χ0) is 20.2. The summed E-state index contributed by atoms with van der Waals surface area (Å²) in [7, 11) is 1.59. The molecule has 0 saturated heterocycles. The van der Waals surface area contributed by atoms with Crippen molar-refractivity contribution >= 4 is 22.5 Å². The average molecular weight is 387 g/mol. The number of methoxy groups -OCH3 is 1. The molecule has 0 radical (unpaired) electrons. The van der Waals surface area contributed by atoms with Crippen LogP contribution in [0, 0.1) is 0 Å². The Morgan fingerprint density at radius 3 is 2.31 bits per heavy atom. The number of aromatic nitrogens is 2. The summed E-state index contributed by atoms with van der Waals surface area (Å²) in [5.74, 6) is 0.446. The van der Waals surface area contributed by atoms with Gasteiger partial charge >= 0.3 is 0 Å². The van der Waals surface area contributed by atoms with Crippen LogP contribution in [0.4, 0.5) is 5.69 Å². The molecule has 0 atom stereocenters. The Labute approximate surface area is 168 Å². The first-order chi connectivity index (χ1) is 14.1. The number of rotatable bonds is 6. The molecule has 146 valence electrons. The largest absolute Gasteiger partial charge is 0.497 e. The Hall–Kier alpha value is -3.80. The van der Waals surface area contributed by atoms with E-state index in [1.165, 1.54) is 4.57 Å². The van der Waals surface area contributed by atoms with E-state index >= 15 is 0 Å². The van der Waals surface area contributed by atoms with Gasteiger partial charge in [0.15, 0.2) is 0 Å². The van der Waals surface area contributed by atoms with E-state index in [2.05, 4.69) is 5.32 Å². The molecule has 0 aliphatic carbocycles. The van der Waals surface area contributed by atoms with Gasteiger partial charge in [-0.05, 0) is 42.0 Å². The predicted octanol–water partition coefficient (Wildman–Crippen LogP) is 3.50. The van der Waals surface area contributed by atoms with Gasteiger partial charge in [0.2, 0.25) is 5.91 Å². The Bertz CT molecular complexity index is 1190. The van der Waals surface area contributed by atoms with E-state index in [1.807, 2.05) is 53.2 Å². The molecule has 0 aliphatic rings. The van der Waals surface area contributed by atoms with Crippen molar-refractivity contribution in [3.63, 3.8) is 0 Å². The minimum absolute atomic E-state index is 0.0582. The molecule has 0 spiro atoms. The second kappa shape index (κ2) is 8.06. The molecule has 1 N–H and O–H groups in total. The van der Waals surface area contributed by atoms with E-state index in [0.717, 1.165) is 10.9 Å². The summed E-state index contributed by atoms with van der Waals surface area (Å²) in [4.78, 5) is 25.4. The highest BCUT2D eigenvalue weighted by atomic mass is 16.5. The molecule has 2 heterocycles. The Morgan fingerprint density at radius 2 is 1.62 bits per heavy atom. The van der Waals surface area contributed by atoms with Crippen LogP contribution in [0.25, 0.3) is 10.9 Å². The molecule has 6 nitrogen and oxygen atoms in total. The molecule has 2 aromatic carbocycles. The number of fused-ring (bicyclic) bond motifs is 1. The van der Waals surface area contributed by atoms with Gasteiger partial charge in [0, 0.05) is 30.0 Å². The van der Waals surface area contributed by atoms with Crippen LogP contribution >= 0.6 is 0 Å². The van der Waals surface area contributed by atoms with Crippen molar-refractivity contribution in [3.05, 3.63) is 95.0 Å². The lowest BCUT2D eigenvalue weighted by Gasteiger charge is -2.10. The second-order valence-corrected chi connectivity index (χ2v) is 6.76. The predicted molar refractivity (Wildman–Crippen MR) is 113 cm³/mol. The fourth-order valence-corrected chi connectivity index (χ4v) is 3.31. The van der Waals surface area contributed by atoms with Gasteiger partial charge < -0.3 is 19.2 Å². The maximum atomic E-state index is 13.0. The van der Waals surface area contributed by atoms with Crippen molar-refractivity contribution in [2.45, 2.75) is 13.1 Å². The number of nitrogens with one attached hydrogen (secondary N) is 1. The monoisotopic (exact) mass is 387 g/mol. The molecule has 4 aromatic rings. The standard InChI is InChI=1S/C23H21N3O3/c1-29-20-9-7-19(8-10-20)24-21(27)16-26-14-12-18-11-13-25(22(18)23(26)28)15-17-5-3-2-4-6-17/h2-14H,15-16H2,1H3,(H,24,27). The van der Waals surface area contributed by atoms with Crippen LogP contribution in [-0.2, 0) is 17.9 Å². The van der Waals surface area contributed by atoms with E-state index in [1.54, 1.807) is 37.6 Å². The van der Waals surface area contributed by atoms with Crippen molar-refractivity contribution in [1.82, 2.24) is 9.13 Å². The normalized spacial score (nSPS) is 10.8. The van der Waals surface area contributed by atoms with Crippen molar-refractivity contribution in [1.29, 1.82) is 0 Å². The number of hydrogen-bond donors (Lipinski definition) is 1. The average Bonchev–Trinajstić information content (AvgIpc) is 3.15. The maximum absolute atomic E-state index is 13.0. The molecular weight excluding hydrogens is 366 g/mol. The van der Waals surface area contributed by atoms with Gasteiger partial charge in [-0.3, -0.25) is 9.59 Å². The Balaban J connectivity index is 1.55. The summed E-state index contributed by atoms with van der Waals surface area (Å²) < 4.78 is 8.47. The van der Waals surface area contributed by atoms with Crippen LogP contribution in [0.15, 0.2) is 83.9 Å². The summed E-state index contributed by atoms with van der Waals surface area (Å²) in [6.07, 6.45) is 3.56. The van der Waals surface area contributed by atoms with Crippen LogP contribution in [0.5, 0.6) is 5.75 Å². The van der Waals surface area contributed by atoms with Crippen LogP contribution < -0.4 is 15.6 Å². The van der Waals surface area contributed by atoms with Gasteiger partial charge in [0.25, 0.3) is 5.56 Å². The molecule has 4 rings (SSSR count). The lowest BCUT2D eigenvalue weighted by Crippen LogP contribution is -2.28. The van der Waals surface area contributed by atoms with Gasteiger partial charge in [0.05, 0.1) is 7.11 Å². The van der Waals surface area contributed by atoms with E-state index in [9.17, 15) is 9.59 Å². The highest BCUT2D eigenvalue weighted by Gasteiger charge is 2.11. The summed E-state index contributed by atoms with van der Waals surface area (Å²) in [5.41, 5.74) is 2.16. The minimum atomic E-state index is -0.266. The molecule has 29 heavy (non-hydrogen) atoms. The smallest absolute Gasteiger partial charge is 0.275 e.